The van der Waals surface area contributed by atoms with Gasteiger partial charge in [-0.3, -0.25) is 0 Å². The predicted molar refractivity (Wildman–Crippen MR) is 70.4 cm³/mol. The van der Waals surface area contributed by atoms with Gasteiger partial charge in [-0.2, -0.15) is 0 Å². The number of hydrogen-bond donors (Lipinski definition) is 1. The third-order valence-corrected chi connectivity index (χ3v) is 4.09. The van der Waals surface area contributed by atoms with Crippen LogP contribution in [-0.2, 0) is 15.9 Å². The Labute approximate surface area is 108 Å². The fourth-order valence-electron chi connectivity index (χ4n) is 3.17. The molecule has 0 saturated carbocycles. The third-order valence-electron chi connectivity index (χ3n) is 4.09. The van der Waals surface area contributed by atoms with Crippen molar-refractivity contribution in [2.45, 2.75) is 43.9 Å². The fourth-order valence-corrected chi connectivity index (χ4v) is 3.17. The van der Waals surface area contributed by atoms with E-state index in [1.807, 2.05) is 0 Å². The molecule has 3 nitrogen and oxygen atoms in total. The molecule has 1 aromatic rings. The molecule has 1 saturated heterocycles. The van der Waals surface area contributed by atoms with Crippen molar-refractivity contribution in [1.82, 2.24) is 0 Å². The lowest BCUT2D eigenvalue weighted by atomic mass is 9.78. The number of fused-ring (bicyclic) bond motifs is 1. The Balaban J connectivity index is 1.72. The monoisotopic (exact) mass is 247 g/mol. The van der Waals surface area contributed by atoms with Gasteiger partial charge in [-0.25, -0.2) is 0 Å². The van der Waals surface area contributed by atoms with Crippen molar-refractivity contribution in [3.05, 3.63) is 35.4 Å². The lowest BCUT2D eigenvalue weighted by Crippen LogP contribution is -2.34. The molecule has 1 aliphatic heterocycles. The van der Waals surface area contributed by atoms with E-state index in [1.54, 1.807) is 0 Å². The molecule has 1 aromatic carbocycles. The molecule has 1 aliphatic carbocycles. The highest BCUT2D eigenvalue weighted by molar-refractivity contribution is 5.33. The van der Waals surface area contributed by atoms with Crippen molar-refractivity contribution in [3.8, 4) is 0 Å². The number of nitrogens with two attached hydrogens (primary N) is 1. The molecule has 2 unspecified atom stereocenters. The normalized spacial score (nSPS) is 25.9. The molecule has 2 aliphatic rings. The number of hydrogen-bond acceptors (Lipinski definition) is 3. The van der Waals surface area contributed by atoms with Gasteiger partial charge in [0.15, 0.2) is 6.29 Å². The molecule has 3 heteroatoms. The smallest absolute Gasteiger partial charge is 0.159 e. The Hall–Kier alpha value is -0.900. The van der Waals surface area contributed by atoms with Gasteiger partial charge in [0.25, 0.3) is 0 Å². The van der Waals surface area contributed by atoms with Gasteiger partial charge in [0.2, 0.25) is 0 Å². The highest BCUT2D eigenvalue weighted by Gasteiger charge is 2.28. The van der Waals surface area contributed by atoms with Gasteiger partial charge in [0.1, 0.15) is 0 Å². The summed E-state index contributed by atoms with van der Waals surface area (Å²) in [4.78, 5) is 0. The Bertz CT molecular complexity index is 401. The van der Waals surface area contributed by atoms with E-state index in [0.717, 1.165) is 6.42 Å². The van der Waals surface area contributed by atoms with Crippen LogP contribution in [0.3, 0.4) is 0 Å². The standard InChI is InChI=1S/C15H21NO2/c16-14(10-15-17-8-9-18-15)13-7-3-5-11-4-1-2-6-12(11)13/h1-2,4,6,13-15H,3,5,7-10,16H2. The second-order valence-electron chi connectivity index (χ2n) is 5.27. The zero-order valence-electron chi connectivity index (χ0n) is 10.7. The summed E-state index contributed by atoms with van der Waals surface area (Å²) in [5, 5.41) is 0. The zero-order valence-corrected chi connectivity index (χ0v) is 10.7. The molecule has 1 heterocycles. The van der Waals surface area contributed by atoms with Crippen LogP contribution < -0.4 is 5.73 Å². The van der Waals surface area contributed by atoms with Crippen molar-refractivity contribution in [1.29, 1.82) is 0 Å². The SMILES string of the molecule is NC(CC1OCCO1)C1CCCc2ccccc21. The number of aryl methyl sites for hydroxylation is 1. The number of benzene rings is 1. The van der Waals surface area contributed by atoms with Crippen LogP contribution in [0.15, 0.2) is 24.3 Å². The molecule has 0 aromatic heterocycles. The molecule has 98 valence electrons. The van der Waals surface area contributed by atoms with Crippen LogP contribution in [0.4, 0.5) is 0 Å². The van der Waals surface area contributed by atoms with Crippen LogP contribution in [0.25, 0.3) is 0 Å². The molecule has 1 fully saturated rings. The summed E-state index contributed by atoms with van der Waals surface area (Å²) in [6.45, 7) is 1.41. The van der Waals surface area contributed by atoms with Crippen molar-refractivity contribution >= 4 is 0 Å². The predicted octanol–water partition coefficient (Wildman–Crippen LogP) is 2.20. The van der Waals surface area contributed by atoms with E-state index in [0.29, 0.717) is 19.1 Å². The van der Waals surface area contributed by atoms with Gasteiger partial charge in [0, 0.05) is 12.5 Å². The Morgan fingerprint density at radius 2 is 2.00 bits per heavy atom. The molecule has 0 spiro atoms. The van der Waals surface area contributed by atoms with E-state index in [-0.39, 0.29) is 12.3 Å². The van der Waals surface area contributed by atoms with Gasteiger partial charge in [-0.05, 0) is 36.3 Å². The molecule has 3 rings (SSSR count). The van der Waals surface area contributed by atoms with E-state index in [1.165, 1.54) is 30.4 Å². The molecule has 18 heavy (non-hydrogen) atoms. The van der Waals surface area contributed by atoms with Crippen LogP contribution in [0.2, 0.25) is 0 Å². The van der Waals surface area contributed by atoms with Gasteiger partial charge < -0.3 is 15.2 Å². The fraction of sp³-hybridized carbons (Fsp3) is 0.600. The van der Waals surface area contributed by atoms with Crippen LogP contribution >= 0.6 is 0 Å². The third kappa shape index (κ3) is 2.44. The molecule has 2 atom stereocenters. The molecular weight excluding hydrogens is 226 g/mol. The lowest BCUT2D eigenvalue weighted by Gasteiger charge is -2.31. The number of rotatable bonds is 3. The minimum absolute atomic E-state index is 0.0888. The molecule has 2 N–H and O–H groups in total. The highest BCUT2D eigenvalue weighted by atomic mass is 16.7. The summed E-state index contributed by atoms with van der Waals surface area (Å²) >= 11 is 0. The largest absolute Gasteiger partial charge is 0.350 e. The topological polar surface area (TPSA) is 44.5 Å². The molecular formula is C15H21NO2. The average molecular weight is 247 g/mol. The first-order chi connectivity index (χ1) is 8.84. The van der Waals surface area contributed by atoms with Crippen LogP contribution in [0, 0.1) is 0 Å². The van der Waals surface area contributed by atoms with E-state index in [2.05, 4.69) is 24.3 Å². The Morgan fingerprint density at radius 3 is 2.83 bits per heavy atom. The minimum Gasteiger partial charge on any atom is -0.350 e. The van der Waals surface area contributed by atoms with Crippen molar-refractivity contribution in [2.75, 3.05) is 13.2 Å². The first-order valence-electron chi connectivity index (χ1n) is 6.91. The van der Waals surface area contributed by atoms with Crippen LogP contribution in [0.5, 0.6) is 0 Å². The minimum atomic E-state index is -0.0888. The second kappa shape index (κ2) is 5.39. The second-order valence-corrected chi connectivity index (χ2v) is 5.27. The van der Waals surface area contributed by atoms with Gasteiger partial charge in [-0.1, -0.05) is 24.3 Å². The van der Waals surface area contributed by atoms with Gasteiger partial charge in [0.05, 0.1) is 13.2 Å². The summed E-state index contributed by atoms with van der Waals surface area (Å²) in [6.07, 6.45) is 4.33. The summed E-state index contributed by atoms with van der Waals surface area (Å²) in [5.41, 5.74) is 9.29. The van der Waals surface area contributed by atoms with E-state index in [4.69, 9.17) is 15.2 Å². The maximum atomic E-state index is 6.38. The quantitative estimate of drug-likeness (QED) is 0.890. The summed E-state index contributed by atoms with van der Waals surface area (Å²) < 4.78 is 11.0. The summed E-state index contributed by atoms with van der Waals surface area (Å²) in [6, 6.07) is 8.84. The van der Waals surface area contributed by atoms with Crippen molar-refractivity contribution in [3.63, 3.8) is 0 Å². The lowest BCUT2D eigenvalue weighted by molar-refractivity contribution is -0.0522. The molecule has 0 amide bonds. The van der Waals surface area contributed by atoms with Gasteiger partial charge >= 0.3 is 0 Å². The van der Waals surface area contributed by atoms with E-state index in [9.17, 15) is 0 Å². The molecule has 0 radical (unpaired) electrons. The van der Waals surface area contributed by atoms with E-state index < -0.39 is 0 Å². The Morgan fingerprint density at radius 1 is 1.22 bits per heavy atom. The average Bonchev–Trinajstić information content (AvgIpc) is 2.91. The van der Waals surface area contributed by atoms with Crippen molar-refractivity contribution < 1.29 is 9.47 Å². The molecule has 0 bridgehead atoms. The Kier molecular flexibility index (Phi) is 3.64. The summed E-state index contributed by atoms with van der Waals surface area (Å²) in [5.74, 6) is 0.461. The zero-order chi connectivity index (χ0) is 12.4. The highest BCUT2D eigenvalue weighted by Crippen LogP contribution is 2.34. The maximum Gasteiger partial charge on any atom is 0.159 e. The summed E-state index contributed by atoms with van der Waals surface area (Å²) in [7, 11) is 0. The first kappa shape index (κ1) is 12.2. The number of ether oxygens (including phenoxy) is 2. The van der Waals surface area contributed by atoms with Gasteiger partial charge in [-0.15, -0.1) is 0 Å². The van der Waals surface area contributed by atoms with Crippen molar-refractivity contribution in [2.24, 2.45) is 5.73 Å². The maximum absolute atomic E-state index is 6.38. The van der Waals surface area contributed by atoms with E-state index >= 15 is 0 Å². The first-order valence-corrected chi connectivity index (χ1v) is 6.91. The van der Waals surface area contributed by atoms with Crippen LogP contribution in [0.1, 0.15) is 36.3 Å². The van der Waals surface area contributed by atoms with Crippen LogP contribution in [-0.4, -0.2) is 25.5 Å².